The van der Waals surface area contributed by atoms with Crippen LogP contribution in [0.5, 0.6) is 0 Å². The van der Waals surface area contributed by atoms with Crippen LogP contribution in [0.25, 0.3) is 11.1 Å². The predicted octanol–water partition coefficient (Wildman–Crippen LogP) is 1.02. The number of carboxylic acid groups (broad SMARTS) is 1. The Bertz CT molecular complexity index is 679. The molecule has 6 nitrogen and oxygen atoms in total. The van der Waals surface area contributed by atoms with Gasteiger partial charge in [-0.3, -0.25) is 9.78 Å². The molecule has 1 aliphatic carbocycles. The maximum absolute atomic E-state index is 11.1. The van der Waals surface area contributed by atoms with Gasteiger partial charge in [-0.05, 0) is 30.5 Å². The van der Waals surface area contributed by atoms with E-state index in [2.05, 4.69) is 4.98 Å². The molecule has 0 bridgehead atoms. The highest BCUT2D eigenvalue weighted by Gasteiger charge is 2.56. The molecular weight excluding hydrogens is 238 g/mol. The van der Waals surface area contributed by atoms with Gasteiger partial charge in [0.1, 0.15) is 0 Å². The number of benzene rings is 1. The Hall–Kier alpha value is -2.08. The number of hydrogen-bond acceptors (Lipinski definition) is 4. The average Bonchev–Trinajstić information content (AvgIpc) is 3.05. The molecule has 94 valence electrons. The lowest BCUT2D eigenvalue weighted by atomic mass is 9.93. The minimum Gasteiger partial charge on any atom is -0.481 e. The summed E-state index contributed by atoms with van der Waals surface area (Å²) in [4.78, 5) is 24.6. The van der Waals surface area contributed by atoms with E-state index in [0.29, 0.717) is 29.5 Å². The van der Waals surface area contributed by atoms with Crippen LogP contribution in [-0.4, -0.2) is 21.2 Å². The second-order valence-electron chi connectivity index (χ2n) is 4.63. The number of H-pyrrole nitrogens is 1. The summed E-state index contributed by atoms with van der Waals surface area (Å²) in [6.45, 7) is 0. The number of nitrogens with one attached hydrogen (secondary N) is 1. The van der Waals surface area contributed by atoms with E-state index in [1.54, 1.807) is 18.2 Å². The zero-order chi connectivity index (χ0) is 12.9. The highest BCUT2D eigenvalue weighted by Crippen LogP contribution is 2.55. The lowest BCUT2D eigenvalue weighted by Gasteiger charge is -2.18. The molecule has 1 aromatic carbocycles. The van der Waals surface area contributed by atoms with Gasteiger partial charge in [-0.25, -0.2) is 4.79 Å². The molecular formula is C12H11NO5. The quantitative estimate of drug-likeness (QED) is 0.753. The fourth-order valence-corrected chi connectivity index (χ4v) is 2.20. The number of aliphatic carboxylic acids is 1. The van der Waals surface area contributed by atoms with E-state index in [9.17, 15) is 14.7 Å². The second kappa shape index (κ2) is 3.46. The van der Waals surface area contributed by atoms with Crippen molar-refractivity contribution in [2.45, 2.75) is 18.9 Å². The Morgan fingerprint density at radius 3 is 2.78 bits per heavy atom. The van der Waals surface area contributed by atoms with E-state index in [1.807, 2.05) is 0 Å². The van der Waals surface area contributed by atoms with Crippen molar-refractivity contribution in [1.82, 2.24) is 4.98 Å². The Morgan fingerprint density at radius 1 is 1.44 bits per heavy atom. The molecule has 3 rings (SSSR count). The first-order valence-corrected chi connectivity index (χ1v) is 5.57. The van der Waals surface area contributed by atoms with Gasteiger partial charge in [0.25, 0.3) is 0 Å². The monoisotopic (exact) mass is 249 g/mol. The van der Waals surface area contributed by atoms with E-state index >= 15 is 0 Å². The molecule has 1 unspecified atom stereocenters. The van der Waals surface area contributed by atoms with Crippen LogP contribution in [0.3, 0.4) is 0 Å². The molecule has 1 saturated carbocycles. The van der Waals surface area contributed by atoms with E-state index in [4.69, 9.17) is 9.52 Å². The number of aromatic amines is 1. The highest BCUT2D eigenvalue weighted by molar-refractivity contribution is 5.80. The summed E-state index contributed by atoms with van der Waals surface area (Å²) in [5.74, 6) is -1.56. The summed E-state index contributed by atoms with van der Waals surface area (Å²) in [7, 11) is 0. The van der Waals surface area contributed by atoms with Crippen molar-refractivity contribution in [3.8, 4) is 0 Å². The zero-order valence-corrected chi connectivity index (χ0v) is 9.34. The number of aromatic nitrogens is 1. The molecule has 3 N–H and O–H groups in total. The Labute approximate surface area is 101 Å². The number of aliphatic hydroxyl groups excluding tert-OH is 1. The third-order valence-corrected chi connectivity index (χ3v) is 3.50. The molecule has 0 saturated heterocycles. The van der Waals surface area contributed by atoms with Crippen molar-refractivity contribution in [2.24, 2.45) is 5.41 Å². The van der Waals surface area contributed by atoms with Gasteiger partial charge >= 0.3 is 11.7 Å². The topological polar surface area (TPSA) is 104 Å². The number of oxazole rings is 1. The van der Waals surface area contributed by atoms with Crippen molar-refractivity contribution in [3.05, 3.63) is 34.3 Å². The predicted molar refractivity (Wildman–Crippen MR) is 61.1 cm³/mol. The standard InChI is InChI=1S/C12H11NO5/c14-9(12(3-4-12)10(15)16)6-1-2-8-7(5-6)13-11(17)18-8/h1-2,5,9,14H,3-4H2,(H,13,17)(H,15,16). The van der Waals surface area contributed by atoms with Crippen molar-refractivity contribution < 1.29 is 19.4 Å². The van der Waals surface area contributed by atoms with Crippen LogP contribution in [0, 0.1) is 5.41 Å². The first-order chi connectivity index (χ1) is 8.53. The minimum absolute atomic E-state index is 0.385. The van der Waals surface area contributed by atoms with Gasteiger partial charge in [-0.2, -0.15) is 0 Å². The third kappa shape index (κ3) is 1.46. The van der Waals surface area contributed by atoms with Crippen LogP contribution < -0.4 is 5.76 Å². The lowest BCUT2D eigenvalue weighted by molar-refractivity contribution is -0.148. The first-order valence-electron chi connectivity index (χ1n) is 5.57. The molecule has 1 atom stereocenters. The first kappa shape index (κ1) is 11.0. The largest absolute Gasteiger partial charge is 0.481 e. The van der Waals surface area contributed by atoms with E-state index < -0.39 is 23.2 Å². The maximum atomic E-state index is 11.1. The second-order valence-corrected chi connectivity index (χ2v) is 4.63. The molecule has 2 aromatic rings. The van der Waals surface area contributed by atoms with Gasteiger partial charge in [0.2, 0.25) is 0 Å². The molecule has 0 amide bonds. The number of aliphatic hydroxyl groups is 1. The molecule has 0 radical (unpaired) electrons. The molecule has 0 spiro atoms. The van der Waals surface area contributed by atoms with Crippen molar-refractivity contribution >= 4 is 17.1 Å². The zero-order valence-electron chi connectivity index (χ0n) is 9.34. The van der Waals surface area contributed by atoms with Gasteiger partial charge in [-0.1, -0.05) is 6.07 Å². The van der Waals surface area contributed by atoms with Gasteiger partial charge in [-0.15, -0.1) is 0 Å². The van der Waals surface area contributed by atoms with Gasteiger partial charge in [0.15, 0.2) is 5.58 Å². The Balaban J connectivity index is 2.04. The Morgan fingerprint density at radius 2 is 2.17 bits per heavy atom. The van der Waals surface area contributed by atoms with Crippen LogP contribution in [0.2, 0.25) is 0 Å². The van der Waals surface area contributed by atoms with Crippen LogP contribution in [0.1, 0.15) is 24.5 Å². The number of fused-ring (bicyclic) bond motifs is 1. The molecule has 6 heteroatoms. The number of carboxylic acids is 1. The van der Waals surface area contributed by atoms with Crippen molar-refractivity contribution in [2.75, 3.05) is 0 Å². The SMILES string of the molecule is O=C(O)C1(C(O)c2ccc3oc(=O)[nH]c3c2)CC1. The van der Waals surface area contributed by atoms with E-state index in [1.165, 1.54) is 0 Å². The summed E-state index contributed by atoms with van der Waals surface area (Å²) >= 11 is 0. The smallest absolute Gasteiger partial charge is 0.417 e. The van der Waals surface area contributed by atoms with Crippen molar-refractivity contribution in [1.29, 1.82) is 0 Å². The number of carbonyl (C=O) groups is 1. The fraction of sp³-hybridized carbons (Fsp3) is 0.333. The molecule has 1 heterocycles. The normalized spacial score (nSPS) is 18.7. The maximum Gasteiger partial charge on any atom is 0.417 e. The molecule has 1 fully saturated rings. The van der Waals surface area contributed by atoms with Gasteiger partial charge in [0, 0.05) is 0 Å². The molecule has 0 aliphatic heterocycles. The van der Waals surface area contributed by atoms with Crippen LogP contribution in [-0.2, 0) is 4.79 Å². The highest BCUT2D eigenvalue weighted by atomic mass is 16.4. The molecule has 1 aliphatic rings. The Kier molecular flexibility index (Phi) is 2.12. The lowest BCUT2D eigenvalue weighted by Crippen LogP contribution is -2.23. The van der Waals surface area contributed by atoms with Gasteiger partial charge < -0.3 is 14.6 Å². The van der Waals surface area contributed by atoms with Crippen molar-refractivity contribution in [3.63, 3.8) is 0 Å². The number of rotatable bonds is 3. The molecule has 18 heavy (non-hydrogen) atoms. The van der Waals surface area contributed by atoms with Gasteiger partial charge in [0.05, 0.1) is 17.0 Å². The van der Waals surface area contributed by atoms with Crippen LogP contribution in [0.4, 0.5) is 0 Å². The average molecular weight is 249 g/mol. The number of hydrogen-bond donors (Lipinski definition) is 3. The van der Waals surface area contributed by atoms with E-state index in [0.717, 1.165) is 0 Å². The third-order valence-electron chi connectivity index (χ3n) is 3.50. The van der Waals surface area contributed by atoms with Crippen LogP contribution in [0.15, 0.2) is 27.4 Å². The van der Waals surface area contributed by atoms with Crippen LogP contribution >= 0.6 is 0 Å². The molecule has 1 aromatic heterocycles. The summed E-state index contributed by atoms with van der Waals surface area (Å²) < 4.78 is 4.84. The summed E-state index contributed by atoms with van der Waals surface area (Å²) in [5.41, 5.74) is 0.242. The minimum atomic E-state index is -1.07. The van der Waals surface area contributed by atoms with E-state index in [-0.39, 0.29) is 0 Å². The summed E-state index contributed by atoms with van der Waals surface area (Å²) in [6.07, 6.45) is -0.148. The fourth-order valence-electron chi connectivity index (χ4n) is 2.20. The summed E-state index contributed by atoms with van der Waals surface area (Å²) in [6, 6.07) is 4.67. The summed E-state index contributed by atoms with van der Waals surface area (Å²) in [5, 5.41) is 19.3.